The third-order valence-electron chi connectivity index (χ3n) is 3.06. The summed E-state index contributed by atoms with van der Waals surface area (Å²) in [6.45, 7) is 3.61. The Kier molecular flexibility index (Phi) is 2.56. The lowest BCUT2D eigenvalue weighted by Gasteiger charge is -2.02. The average molecular weight is 255 g/mol. The smallest absolute Gasteiger partial charge is 0.260 e. The molecule has 0 bridgehead atoms. The van der Waals surface area contributed by atoms with Crippen molar-refractivity contribution in [3.05, 3.63) is 41.2 Å². The highest BCUT2D eigenvalue weighted by molar-refractivity contribution is 6.08. The number of carbonyl (C=O) groups excluding carboxylic acids is 1. The van der Waals surface area contributed by atoms with E-state index in [0.29, 0.717) is 17.1 Å². The third-order valence-corrected chi connectivity index (χ3v) is 3.06. The Hall–Kier alpha value is -2.63. The largest absolute Gasteiger partial charge is 0.304 e. The van der Waals surface area contributed by atoms with Crippen molar-refractivity contribution in [3.8, 4) is 0 Å². The highest BCUT2D eigenvalue weighted by Gasteiger charge is 2.17. The number of nitrogens with zero attached hydrogens (tertiary/aromatic N) is 2. The summed E-state index contributed by atoms with van der Waals surface area (Å²) >= 11 is 0. The molecule has 0 spiro atoms. The first kappa shape index (κ1) is 11.5. The minimum absolute atomic E-state index is 0.207. The summed E-state index contributed by atoms with van der Waals surface area (Å²) < 4.78 is 0. The van der Waals surface area contributed by atoms with Gasteiger partial charge in [0.15, 0.2) is 5.82 Å². The van der Waals surface area contributed by atoms with Crippen LogP contribution < -0.4 is 5.32 Å². The molecule has 0 aliphatic heterocycles. The zero-order valence-electron chi connectivity index (χ0n) is 10.6. The standard InChI is InChI=1S/C13H13N5O/c1-7-11(8(2)16-15-7)13(19)14-12-9-5-3-4-6-10(9)17-18-12/h3-6H,1-2H3,(H,15,16)(H2,14,17,18,19). The molecule has 19 heavy (non-hydrogen) atoms. The Balaban J connectivity index is 1.96. The van der Waals surface area contributed by atoms with Gasteiger partial charge in [0.2, 0.25) is 0 Å². The molecule has 1 amide bonds. The number of anilines is 1. The van der Waals surface area contributed by atoms with Gasteiger partial charge in [-0.15, -0.1) is 0 Å². The number of para-hydroxylation sites is 1. The average Bonchev–Trinajstić information content (AvgIpc) is 2.94. The fourth-order valence-corrected chi connectivity index (χ4v) is 2.11. The van der Waals surface area contributed by atoms with Gasteiger partial charge in [-0.05, 0) is 26.0 Å². The molecule has 96 valence electrons. The van der Waals surface area contributed by atoms with Crippen LogP contribution in [0.1, 0.15) is 21.7 Å². The van der Waals surface area contributed by atoms with E-state index in [2.05, 4.69) is 25.7 Å². The molecule has 6 nitrogen and oxygen atoms in total. The topological polar surface area (TPSA) is 86.5 Å². The summed E-state index contributed by atoms with van der Waals surface area (Å²) in [5.74, 6) is 0.321. The van der Waals surface area contributed by atoms with Gasteiger partial charge < -0.3 is 5.32 Å². The molecule has 0 fully saturated rings. The summed E-state index contributed by atoms with van der Waals surface area (Å²) in [5.41, 5.74) is 2.87. The Morgan fingerprint density at radius 2 is 1.95 bits per heavy atom. The van der Waals surface area contributed by atoms with Crippen molar-refractivity contribution in [1.29, 1.82) is 0 Å². The van der Waals surface area contributed by atoms with Crippen molar-refractivity contribution in [3.63, 3.8) is 0 Å². The van der Waals surface area contributed by atoms with E-state index >= 15 is 0 Å². The predicted octanol–water partition coefficient (Wildman–Crippen LogP) is 2.16. The van der Waals surface area contributed by atoms with Crippen molar-refractivity contribution in [2.45, 2.75) is 13.8 Å². The molecule has 0 aliphatic carbocycles. The van der Waals surface area contributed by atoms with Crippen LogP contribution in [0.4, 0.5) is 5.82 Å². The van der Waals surface area contributed by atoms with E-state index in [-0.39, 0.29) is 5.91 Å². The number of carbonyl (C=O) groups is 1. The van der Waals surface area contributed by atoms with Crippen molar-refractivity contribution in [2.75, 3.05) is 5.32 Å². The number of rotatable bonds is 2. The Morgan fingerprint density at radius 1 is 1.16 bits per heavy atom. The number of benzene rings is 1. The van der Waals surface area contributed by atoms with Gasteiger partial charge in [-0.25, -0.2) is 0 Å². The Morgan fingerprint density at radius 3 is 2.68 bits per heavy atom. The van der Waals surface area contributed by atoms with Gasteiger partial charge in [0.05, 0.1) is 16.8 Å². The number of fused-ring (bicyclic) bond motifs is 1. The van der Waals surface area contributed by atoms with Gasteiger partial charge in [0.25, 0.3) is 5.91 Å². The Labute approximate surface area is 109 Å². The first-order valence-corrected chi connectivity index (χ1v) is 5.93. The molecule has 1 aromatic carbocycles. The Bertz CT molecular complexity index is 736. The molecule has 2 aromatic heterocycles. The van der Waals surface area contributed by atoms with Crippen LogP contribution in [0.5, 0.6) is 0 Å². The lowest BCUT2D eigenvalue weighted by atomic mass is 10.2. The molecule has 2 heterocycles. The van der Waals surface area contributed by atoms with E-state index < -0.39 is 0 Å². The molecule has 0 radical (unpaired) electrons. The maximum Gasteiger partial charge on any atom is 0.260 e. The zero-order chi connectivity index (χ0) is 13.4. The number of aryl methyl sites for hydroxylation is 2. The van der Waals surface area contributed by atoms with Crippen LogP contribution in [0.3, 0.4) is 0 Å². The normalized spacial score (nSPS) is 10.8. The van der Waals surface area contributed by atoms with Crippen LogP contribution in [0.15, 0.2) is 24.3 Å². The van der Waals surface area contributed by atoms with Gasteiger partial charge in [-0.3, -0.25) is 15.0 Å². The summed E-state index contributed by atoms with van der Waals surface area (Å²) in [6, 6.07) is 7.63. The highest BCUT2D eigenvalue weighted by atomic mass is 16.1. The van der Waals surface area contributed by atoms with E-state index in [0.717, 1.165) is 16.6 Å². The van der Waals surface area contributed by atoms with E-state index in [1.807, 2.05) is 31.2 Å². The molecule has 3 rings (SSSR count). The van der Waals surface area contributed by atoms with E-state index in [1.165, 1.54) is 0 Å². The number of nitrogens with one attached hydrogen (secondary N) is 3. The van der Waals surface area contributed by atoms with E-state index in [1.54, 1.807) is 6.92 Å². The second-order valence-electron chi connectivity index (χ2n) is 4.38. The lowest BCUT2D eigenvalue weighted by molar-refractivity contribution is 0.102. The highest BCUT2D eigenvalue weighted by Crippen LogP contribution is 2.21. The first-order valence-electron chi connectivity index (χ1n) is 5.93. The van der Waals surface area contributed by atoms with Crippen molar-refractivity contribution >= 4 is 22.6 Å². The van der Waals surface area contributed by atoms with Crippen LogP contribution in [0.25, 0.3) is 10.9 Å². The van der Waals surface area contributed by atoms with Gasteiger partial charge in [0.1, 0.15) is 0 Å². The number of hydrogen-bond acceptors (Lipinski definition) is 3. The van der Waals surface area contributed by atoms with Gasteiger partial charge in [-0.1, -0.05) is 12.1 Å². The van der Waals surface area contributed by atoms with E-state index in [4.69, 9.17) is 0 Å². The minimum Gasteiger partial charge on any atom is -0.304 e. The summed E-state index contributed by atoms with van der Waals surface area (Å²) in [6.07, 6.45) is 0. The molecule has 0 atom stereocenters. The number of hydrogen-bond donors (Lipinski definition) is 3. The van der Waals surface area contributed by atoms with E-state index in [9.17, 15) is 4.79 Å². The quantitative estimate of drug-likeness (QED) is 0.655. The minimum atomic E-state index is -0.207. The van der Waals surface area contributed by atoms with Gasteiger partial charge in [0, 0.05) is 11.1 Å². The van der Waals surface area contributed by atoms with Crippen molar-refractivity contribution in [2.24, 2.45) is 0 Å². The molecular formula is C13H13N5O. The maximum atomic E-state index is 12.2. The van der Waals surface area contributed by atoms with Crippen LogP contribution in [0.2, 0.25) is 0 Å². The fourth-order valence-electron chi connectivity index (χ4n) is 2.11. The SMILES string of the molecule is Cc1n[nH]c(C)c1C(=O)Nc1n[nH]c2ccccc12. The second kappa shape index (κ2) is 4.24. The molecule has 3 aromatic rings. The number of H-pyrrole nitrogens is 2. The molecule has 6 heteroatoms. The number of aromatic nitrogens is 4. The number of amides is 1. The second-order valence-corrected chi connectivity index (χ2v) is 4.38. The predicted molar refractivity (Wildman–Crippen MR) is 72.1 cm³/mol. The monoisotopic (exact) mass is 255 g/mol. The maximum absolute atomic E-state index is 12.2. The summed E-state index contributed by atoms with van der Waals surface area (Å²) in [5, 5.41) is 17.5. The van der Waals surface area contributed by atoms with Crippen molar-refractivity contribution in [1.82, 2.24) is 20.4 Å². The van der Waals surface area contributed by atoms with Crippen molar-refractivity contribution < 1.29 is 4.79 Å². The molecule has 3 N–H and O–H groups in total. The molecule has 0 saturated carbocycles. The van der Waals surface area contributed by atoms with Crippen LogP contribution >= 0.6 is 0 Å². The third kappa shape index (κ3) is 1.87. The first-order chi connectivity index (χ1) is 9.16. The fraction of sp³-hybridized carbons (Fsp3) is 0.154. The molecular weight excluding hydrogens is 242 g/mol. The van der Waals surface area contributed by atoms with Crippen LogP contribution in [-0.2, 0) is 0 Å². The number of aromatic amines is 2. The van der Waals surface area contributed by atoms with Crippen LogP contribution in [-0.4, -0.2) is 26.3 Å². The summed E-state index contributed by atoms with van der Waals surface area (Å²) in [4.78, 5) is 12.2. The lowest BCUT2D eigenvalue weighted by Crippen LogP contribution is -2.14. The molecule has 0 aliphatic rings. The zero-order valence-corrected chi connectivity index (χ0v) is 10.6. The molecule has 0 saturated heterocycles. The van der Waals surface area contributed by atoms with Crippen LogP contribution in [0, 0.1) is 13.8 Å². The van der Waals surface area contributed by atoms with Gasteiger partial charge >= 0.3 is 0 Å². The molecule has 0 unspecified atom stereocenters. The van der Waals surface area contributed by atoms with Gasteiger partial charge in [-0.2, -0.15) is 10.2 Å². The summed E-state index contributed by atoms with van der Waals surface area (Å²) in [7, 11) is 0.